The van der Waals surface area contributed by atoms with Crippen LogP contribution in [-0.2, 0) is 11.3 Å². The van der Waals surface area contributed by atoms with Crippen LogP contribution in [0.5, 0.6) is 5.75 Å². The molecule has 4 nitrogen and oxygen atoms in total. The lowest BCUT2D eigenvalue weighted by molar-refractivity contribution is -0.122. The van der Waals surface area contributed by atoms with Crippen molar-refractivity contribution in [3.05, 3.63) is 27.7 Å². The van der Waals surface area contributed by atoms with Crippen molar-refractivity contribution in [2.45, 2.75) is 39.3 Å². The van der Waals surface area contributed by atoms with Crippen molar-refractivity contribution in [3.8, 4) is 5.75 Å². The highest BCUT2D eigenvalue weighted by molar-refractivity contribution is 6.35. The number of hydrogen-bond donors (Lipinski definition) is 2. The average Bonchev–Trinajstić information content (AvgIpc) is 2.56. The van der Waals surface area contributed by atoms with Crippen LogP contribution in [-0.4, -0.2) is 25.6 Å². The monoisotopic (exact) mass is 394 g/mol. The summed E-state index contributed by atoms with van der Waals surface area (Å²) in [6.07, 6.45) is 2.61. The molecule has 2 atom stereocenters. The first-order valence-corrected chi connectivity index (χ1v) is 9.02. The van der Waals surface area contributed by atoms with Gasteiger partial charge in [-0.15, -0.1) is 0 Å². The Hall–Kier alpha value is -1.11. The van der Waals surface area contributed by atoms with Crippen molar-refractivity contribution in [2.75, 3.05) is 13.1 Å². The lowest BCUT2D eigenvalue weighted by atomic mass is 9.85. The van der Waals surface area contributed by atoms with E-state index in [0.29, 0.717) is 17.9 Å². The fourth-order valence-corrected chi connectivity index (χ4v) is 3.64. The molecule has 25 heavy (non-hydrogen) atoms. The van der Waals surface area contributed by atoms with Crippen LogP contribution < -0.4 is 15.4 Å². The number of carbonyl (C=O) groups is 1. The van der Waals surface area contributed by atoms with Crippen molar-refractivity contribution in [1.29, 1.82) is 0 Å². The Morgan fingerprint density at radius 3 is 2.84 bits per heavy atom. The number of amides is 1. The predicted molar refractivity (Wildman–Crippen MR) is 94.3 cm³/mol. The summed E-state index contributed by atoms with van der Waals surface area (Å²) in [4.78, 5) is 12.2. The second kappa shape index (κ2) is 9.55. The van der Waals surface area contributed by atoms with Gasteiger partial charge in [0.15, 0.2) is 0 Å². The highest BCUT2D eigenvalue weighted by Gasteiger charge is 2.22. The first-order valence-electron chi connectivity index (χ1n) is 8.27. The third-order valence-corrected chi connectivity index (χ3v) is 4.91. The second-order valence-corrected chi connectivity index (χ2v) is 7.16. The molecule has 2 rings (SSSR count). The van der Waals surface area contributed by atoms with Crippen LogP contribution >= 0.6 is 23.2 Å². The normalized spacial score (nSPS) is 18.9. The molecule has 140 valence electrons. The van der Waals surface area contributed by atoms with Gasteiger partial charge in [0.2, 0.25) is 5.91 Å². The molecule has 1 aliphatic rings. The number of piperidine rings is 1. The van der Waals surface area contributed by atoms with Gasteiger partial charge in [0.05, 0.1) is 5.02 Å². The minimum atomic E-state index is -3.01. The first-order chi connectivity index (χ1) is 11.9. The fourth-order valence-electron chi connectivity index (χ4n) is 3.06. The van der Waals surface area contributed by atoms with Gasteiger partial charge in [-0.3, -0.25) is 4.79 Å². The van der Waals surface area contributed by atoms with Gasteiger partial charge in [0, 0.05) is 23.6 Å². The van der Waals surface area contributed by atoms with E-state index in [1.807, 2.05) is 0 Å². The molecular formula is C17H22Cl2F2N2O2. The molecule has 0 spiro atoms. The molecule has 0 bridgehead atoms. The number of ether oxygens (including phenoxy) is 1. The molecule has 1 amide bonds. The van der Waals surface area contributed by atoms with E-state index < -0.39 is 6.61 Å². The van der Waals surface area contributed by atoms with Crippen molar-refractivity contribution in [3.63, 3.8) is 0 Å². The van der Waals surface area contributed by atoms with Crippen LogP contribution in [0, 0.1) is 11.8 Å². The predicted octanol–water partition coefficient (Wildman–Crippen LogP) is 4.24. The van der Waals surface area contributed by atoms with Gasteiger partial charge in [0.1, 0.15) is 5.75 Å². The molecule has 1 saturated heterocycles. The van der Waals surface area contributed by atoms with Crippen LogP contribution in [0.25, 0.3) is 0 Å². The molecular weight excluding hydrogens is 373 g/mol. The maximum Gasteiger partial charge on any atom is 0.387 e. The Bertz CT molecular complexity index is 596. The van der Waals surface area contributed by atoms with Gasteiger partial charge in [-0.2, -0.15) is 8.78 Å². The number of halogens is 4. The number of nitrogens with one attached hydrogen (secondary N) is 2. The van der Waals surface area contributed by atoms with E-state index in [0.717, 1.165) is 25.9 Å². The molecule has 2 N–H and O–H groups in total. The zero-order chi connectivity index (χ0) is 18.4. The lowest BCUT2D eigenvalue weighted by Crippen LogP contribution is -2.35. The van der Waals surface area contributed by atoms with Gasteiger partial charge in [-0.05, 0) is 49.9 Å². The SMILES string of the molecule is CC(CC(=O)NCc1cc(Cl)cc(Cl)c1OC(F)F)C1CCCNC1. The van der Waals surface area contributed by atoms with Gasteiger partial charge < -0.3 is 15.4 Å². The average molecular weight is 395 g/mol. The number of rotatable bonds is 7. The van der Waals surface area contributed by atoms with Crippen LogP contribution in [0.15, 0.2) is 12.1 Å². The Morgan fingerprint density at radius 2 is 2.20 bits per heavy atom. The molecule has 1 aromatic carbocycles. The minimum absolute atomic E-state index is 0.0151. The van der Waals surface area contributed by atoms with Crippen molar-refractivity contribution >= 4 is 29.1 Å². The zero-order valence-corrected chi connectivity index (χ0v) is 15.5. The van der Waals surface area contributed by atoms with Crippen LogP contribution in [0.3, 0.4) is 0 Å². The summed E-state index contributed by atoms with van der Waals surface area (Å²) in [6, 6.07) is 2.78. The molecule has 0 radical (unpaired) electrons. The molecule has 2 unspecified atom stereocenters. The van der Waals surface area contributed by atoms with Gasteiger partial charge in [-0.25, -0.2) is 0 Å². The zero-order valence-electron chi connectivity index (χ0n) is 14.0. The van der Waals surface area contributed by atoms with Crippen molar-refractivity contribution < 1.29 is 18.3 Å². The summed E-state index contributed by atoms with van der Waals surface area (Å²) in [5, 5.41) is 6.35. The largest absolute Gasteiger partial charge is 0.433 e. The number of alkyl halides is 2. The third-order valence-electron chi connectivity index (χ3n) is 4.42. The Morgan fingerprint density at radius 1 is 1.44 bits per heavy atom. The number of carbonyl (C=O) groups excluding carboxylic acids is 1. The van der Waals surface area contributed by atoms with Crippen LogP contribution in [0.2, 0.25) is 10.0 Å². The van der Waals surface area contributed by atoms with E-state index in [1.54, 1.807) is 0 Å². The van der Waals surface area contributed by atoms with Gasteiger partial charge in [-0.1, -0.05) is 30.1 Å². The van der Waals surface area contributed by atoms with Crippen molar-refractivity contribution in [2.24, 2.45) is 11.8 Å². The van der Waals surface area contributed by atoms with Crippen LogP contribution in [0.4, 0.5) is 8.78 Å². The summed E-state index contributed by atoms with van der Waals surface area (Å²) < 4.78 is 29.6. The molecule has 1 aromatic rings. The summed E-state index contributed by atoms with van der Waals surface area (Å²) in [6.45, 7) is 1.02. The Kier molecular flexibility index (Phi) is 7.72. The smallest absolute Gasteiger partial charge is 0.387 e. The third kappa shape index (κ3) is 6.28. The quantitative estimate of drug-likeness (QED) is 0.726. The molecule has 1 fully saturated rings. The molecule has 1 heterocycles. The van der Waals surface area contributed by atoms with Crippen molar-refractivity contribution in [1.82, 2.24) is 10.6 Å². The molecule has 1 aliphatic heterocycles. The maximum absolute atomic E-state index is 12.6. The van der Waals surface area contributed by atoms with Gasteiger partial charge in [0.25, 0.3) is 0 Å². The highest BCUT2D eigenvalue weighted by atomic mass is 35.5. The first kappa shape index (κ1) is 20.2. The summed E-state index contributed by atoms with van der Waals surface area (Å²) in [5.41, 5.74) is 0.318. The minimum Gasteiger partial charge on any atom is -0.433 e. The second-order valence-electron chi connectivity index (χ2n) is 6.32. The van der Waals surface area contributed by atoms with E-state index in [9.17, 15) is 13.6 Å². The summed E-state index contributed by atoms with van der Waals surface area (Å²) >= 11 is 11.8. The maximum atomic E-state index is 12.6. The summed E-state index contributed by atoms with van der Waals surface area (Å²) in [5.74, 6) is 0.411. The molecule has 0 aliphatic carbocycles. The molecule has 0 saturated carbocycles. The van der Waals surface area contributed by atoms with Gasteiger partial charge >= 0.3 is 6.61 Å². The van der Waals surface area contributed by atoms with E-state index in [4.69, 9.17) is 23.2 Å². The fraction of sp³-hybridized carbons (Fsp3) is 0.588. The Balaban J connectivity index is 1.94. The van der Waals surface area contributed by atoms with E-state index >= 15 is 0 Å². The number of hydrogen-bond acceptors (Lipinski definition) is 3. The highest BCUT2D eigenvalue weighted by Crippen LogP contribution is 2.33. The Labute approximate surface area is 156 Å². The van der Waals surface area contributed by atoms with E-state index in [-0.39, 0.29) is 34.2 Å². The van der Waals surface area contributed by atoms with Crippen LogP contribution in [0.1, 0.15) is 31.7 Å². The summed E-state index contributed by atoms with van der Waals surface area (Å²) in [7, 11) is 0. The number of benzene rings is 1. The topological polar surface area (TPSA) is 50.4 Å². The van der Waals surface area contributed by atoms with E-state index in [1.165, 1.54) is 12.1 Å². The molecule has 0 aromatic heterocycles. The van der Waals surface area contributed by atoms with E-state index in [2.05, 4.69) is 22.3 Å². The lowest BCUT2D eigenvalue weighted by Gasteiger charge is -2.28. The standard InChI is InChI=1S/C17H22Cl2F2N2O2/c1-10(11-3-2-4-22-8-11)5-15(24)23-9-12-6-13(18)7-14(19)16(12)25-17(20)21/h6-7,10-11,17,22H,2-5,8-9H2,1H3,(H,23,24). The molecule has 8 heteroatoms.